The smallest absolute Gasteiger partial charge is 0.224 e. The summed E-state index contributed by atoms with van der Waals surface area (Å²) >= 11 is 6.15. The molecule has 4 rings (SSSR count). The highest BCUT2D eigenvalue weighted by Gasteiger charge is 2.30. The van der Waals surface area contributed by atoms with Crippen molar-refractivity contribution in [3.63, 3.8) is 0 Å². The van der Waals surface area contributed by atoms with Gasteiger partial charge in [0.2, 0.25) is 11.3 Å². The van der Waals surface area contributed by atoms with Crippen LogP contribution in [0.4, 0.5) is 5.69 Å². The van der Waals surface area contributed by atoms with Crippen LogP contribution in [0.1, 0.15) is 12.6 Å². The molecule has 0 saturated carbocycles. The van der Waals surface area contributed by atoms with Crippen molar-refractivity contribution in [1.82, 2.24) is 9.55 Å². The molecule has 0 spiro atoms. The summed E-state index contributed by atoms with van der Waals surface area (Å²) in [4.78, 5) is 30.8. The van der Waals surface area contributed by atoms with Gasteiger partial charge < -0.3 is 4.90 Å². The third kappa shape index (κ3) is 2.12. The van der Waals surface area contributed by atoms with Gasteiger partial charge in [0.25, 0.3) is 0 Å². The highest BCUT2D eigenvalue weighted by molar-refractivity contribution is 6.30. The highest BCUT2D eigenvalue weighted by atomic mass is 35.5. The summed E-state index contributed by atoms with van der Waals surface area (Å²) in [6, 6.07) is 10.9. The molecule has 24 heavy (non-hydrogen) atoms. The molecule has 0 fully saturated rings. The summed E-state index contributed by atoms with van der Waals surface area (Å²) in [6.45, 7) is 1.97. The van der Waals surface area contributed by atoms with E-state index >= 15 is 0 Å². The molecule has 1 aliphatic heterocycles. The van der Waals surface area contributed by atoms with Crippen molar-refractivity contribution >= 4 is 34.2 Å². The van der Waals surface area contributed by atoms with Crippen molar-refractivity contribution in [3.8, 4) is 5.69 Å². The molecule has 120 valence electrons. The van der Waals surface area contributed by atoms with E-state index in [1.165, 1.54) is 6.92 Å². The van der Waals surface area contributed by atoms with Crippen molar-refractivity contribution in [3.05, 3.63) is 63.5 Å². The number of carbonyl (C=O) groups excluding carboxylic acids is 1. The summed E-state index contributed by atoms with van der Waals surface area (Å²) in [5, 5.41) is 1.09. The summed E-state index contributed by atoms with van der Waals surface area (Å²) in [5.41, 5.74) is 2.49. The number of hydrogen-bond donors (Lipinski definition) is 0. The number of carbonyl (C=O) groups is 1. The van der Waals surface area contributed by atoms with Gasteiger partial charge in [-0.25, -0.2) is 4.98 Å². The van der Waals surface area contributed by atoms with E-state index in [-0.39, 0.29) is 11.3 Å². The van der Waals surface area contributed by atoms with Crippen LogP contribution in [-0.2, 0) is 11.2 Å². The number of fused-ring (bicyclic) bond motifs is 2. The quantitative estimate of drug-likeness (QED) is 0.685. The van der Waals surface area contributed by atoms with Crippen LogP contribution in [0.5, 0.6) is 0 Å². The van der Waals surface area contributed by atoms with Gasteiger partial charge >= 0.3 is 0 Å². The van der Waals surface area contributed by atoms with E-state index in [0.717, 1.165) is 11.4 Å². The Morgan fingerprint density at radius 2 is 2.08 bits per heavy atom. The molecule has 0 radical (unpaired) electrons. The number of benzene rings is 1. The van der Waals surface area contributed by atoms with Crippen molar-refractivity contribution in [2.75, 3.05) is 11.4 Å². The standard InChI is InChI=1S/C18H14ClN3O2/c1-11(23)21-9-7-15-16(21)17(24)14-6-3-8-20-18(14)22(15)13-5-2-4-12(19)10-13/h2-6,8,10H,7,9H2,1H3. The first kappa shape index (κ1) is 14.9. The van der Waals surface area contributed by atoms with Crippen LogP contribution >= 0.6 is 11.6 Å². The van der Waals surface area contributed by atoms with E-state index in [1.54, 1.807) is 29.3 Å². The second-order valence-electron chi connectivity index (χ2n) is 5.73. The van der Waals surface area contributed by atoms with Crippen LogP contribution in [0.2, 0.25) is 5.02 Å². The first-order valence-electron chi connectivity index (χ1n) is 7.64. The molecule has 0 saturated heterocycles. The minimum Gasteiger partial charge on any atom is -0.307 e. The Balaban J connectivity index is 2.16. The highest BCUT2D eigenvalue weighted by Crippen LogP contribution is 2.31. The van der Waals surface area contributed by atoms with Gasteiger partial charge in [-0.2, -0.15) is 0 Å². The second-order valence-corrected chi connectivity index (χ2v) is 6.17. The zero-order chi connectivity index (χ0) is 16.8. The molecule has 3 aromatic rings. The summed E-state index contributed by atoms with van der Waals surface area (Å²) in [7, 11) is 0. The lowest BCUT2D eigenvalue weighted by molar-refractivity contribution is -0.116. The van der Waals surface area contributed by atoms with Gasteiger partial charge in [0.1, 0.15) is 11.3 Å². The maximum absolute atomic E-state index is 12.9. The van der Waals surface area contributed by atoms with Crippen LogP contribution in [0.15, 0.2) is 47.4 Å². The molecular weight excluding hydrogens is 326 g/mol. The number of nitrogens with zero attached hydrogens (tertiary/aromatic N) is 3. The molecule has 0 bridgehead atoms. The number of aromatic nitrogens is 2. The Morgan fingerprint density at radius 1 is 1.25 bits per heavy atom. The molecule has 1 amide bonds. The minimum atomic E-state index is -0.154. The number of hydrogen-bond acceptors (Lipinski definition) is 3. The average Bonchev–Trinajstić information content (AvgIpc) is 3.00. The van der Waals surface area contributed by atoms with E-state index in [1.807, 2.05) is 22.8 Å². The number of anilines is 1. The predicted octanol–water partition coefficient (Wildman–Crippen LogP) is 2.95. The molecular formula is C18H14ClN3O2. The molecule has 1 aromatic carbocycles. The first-order chi connectivity index (χ1) is 11.6. The number of amides is 1. The Kier molecular flexibility index (Phi) is 3.39. The Bertz CT molecular complexity index is 1040. The molecule has 0 atom stereocenters. The topological polar surface area (TPSA) is 55.2 Å². The lowest BCUT2D eigenvalue weighted by Crippen LogP contribution is -2.30. The molecule has 0 unspecified atom stereocenters. The predicted molar refractivity (Wildman–Crippen MR) is 94.1 cm³/mol. The van der Waals surface area contributed by atoms with Gasteiger partial charge in [-0.1, -0.05) is 17.7 Å². The van der Waals surface area contributed by atoms with E-state index in [2.05, 4.69) is 4.98 Å². The third-order valence-corrected chi connectivity index (χ3v) is 4.53. The normalized spacial score (nSPS) is 13.3. The third-order valence-electron chi connectivity index (χ3n) is 4.29. The summed E-state index contributed by atoms with van der Waals surface area (Å²) in [6.07, 6.45) is 2.26. The second kappa shape index (κ2) is 5.46. The Labute approximate surface area is 143 Å². The number of rotatable bonds is 1. The maximum Gasteiger partial charge on any atom is 0.224 e. The van der Waals surface area contributed by atoms with Crippen molar-refractivity contribution in [2.24, 2.45) is 0 Å². The zero-order valence-corrected chi connectivity index (χ0v) is 13.7. The van der Waals surface area contributed by atoms with E-state index in [4.69, 9.17) is 11.6 Å². The lowest BCUT2D eigenvalue weighted by Gasteiger charge is -2.18. The van der Waals surface area contributed by atoms with Crippen molar-refractivity contribution in [2.45, 2.75) is 13.3 Å². The van der Waals surface area contributed by atoms with Crippen LogP contribution in [0.25, 0.3) is 16.7 Å². The van der Waals surface area contributed by atoms with Crippen molar-refractivity contribution in [1.29, 1.82) is 0 Å². The SMILES string of the molecule is CC(=O)N1CCc2c1c(=O)c1cccnc1n2-c1cccc(Cl)c1. The molecule has 3 heterocycles. The summed E-state index contributed by atoms with van der Waals surface area (Å²) < 4.78 is 1.93. The lowest BCUT2D eigenvalue weighted by atomic mass is 10.1. The monoisotopic (exact) mass is 339 g/mol. The largest absolute Gasteiger partial charge is 0.307 e. The van der Waals surface area contributed by atoms with E-state index in [0.29, 0.717) is 34.7 Å². The molecule has 0 N–H and O–H groups in total. The van der Waals surface area contributed by atoms with Crippen molar-refractivity contribution < 1.29 is 4.79 Å². The number of pyridine rings is 2. The average molecular weight is 340 g/mol. The molecule has 2 aromatic heterocycles. The fraction of sp³-hybridized carbons (Fsp3) is 0.167. The molecule has 6 heteroatoms. The molecule has 0 aliphatic carbocycles. The van der Waals surface area contributed by atoms with Gasteiger partial charge in [0.05, 0.1) is 11.1 Å². The minimum absolute atomic E-state index is 0.133. The van der Waals surface area contributed by atoms with Gasteiger partial charge in [0.15, 0.2) is 0 Å². The van der Waals surface area contributed by atoms with Gasteiger partial charge in [0, 0.05) is 36.8 Å². The van der Waals surface area contributed by atoms with Gasteiger partial charge in [-0.15, -0.1) is 0 Å². The van der Waals surface area contributed by atoms with Crippen LogP contribution in [0.3, 0.4) is 0 Å². The van der Waals surface area contributed by atoms with E-state index < -0.39 is 0 Å². The maximum atomic E-state index is 12.9. The van der Waals surface area contributed by atoms with Gasteiger partial charge in [-0.3, -0.25) is 14.2 Å². The number of halogens is 1. The van der Waals surface area contributed by atoms with Gasteiger partial charge in [-0.05, 0) is 30.3 Å². The Hall–Kier alpha value is -2.66. The zero-order valence-electron chi connectivity index (χ0n) is 13.0. The molecule has 5 nitrogen and oxygen atoms in total. The fourth-order valence-electron chi connectivity index (χ4n) is 3.29. The Morgan fingerprint density at radius 3 is 2.83 bits per heavy atom. The van der Waals surface area contributed by atoms with Crippen LogP contribution in [-0.4, -0.2) is 22.0 Å². The molecule has 1 aliphatic rings. The van der Waals surface area contributed by atoms with Crippen LogP contribution < -0.4 is 10.3 Å². The first-order valence-corrected chi connectivity index (χ1v) is 8.02. The van der Waals surface area contributed by atoms with Crippen LogP contribution in [0, 0.1) is 0 Å². The fourth-order valence-corrected chi connectivity index (χ4v) is 3.48. The summed E-state index contributed by atoms with van der Waals surface area (Å²) in [5.74, 6) is -0.133. The van der Waals surface area contributed by atoms with E-state index in [9.17, 15) is 9.59 Å².